The molecule has 0 saturated heterocycles. The summed E-state index contributed by atoms with van der Waals surface area (Å²) in [5.74, 6) is 3.13. The maximum absolute atomic E-state index is 12.8. The molecule has 2 atom stereocenters. The minimum atomic E-state index is -1.11. The van der Waals surface area contributed by atoms with E-state index in [1.807, 2.05) is 41.5 Å². The topological polar surface area (TPSA) is 212 Å². The Hall–Kier alpha value is -5.24. The molecule has 0 radical (unpaired) electrons. The molecule has 89 heavy (non-hydrogen) atoms. The van der Waals surface area contributed by atoms with Crippen molar-refractivity contribution in [2.45, 2.75) is 192 Å². The van der Waals surface area contributed by atoms with E-state index in [9.17, 15) is 19.8 Å². The Kier molecular flexibility index (Phi) is 26.9. The van der Waals surface area contributed by atoms with E-state index in [1.54, 1.807) is 41.5 Å². The Bertz CT molecular complexity index is 3210. The minimum absolute atomic E-state index is 0.0169. The molecule has 0 bridgehead atoms. The summed E-state index contributed by atoms with van der Waals surface area (Å²) in [4.78, 5) is 35.6. The minimum Gasteiger partial charge on any atom is -0.487 e. The predicted molar refractivity (Wildman–Crippen MR) is 359 cm³/mol. The second-order valence-corrected chi connectivity index (χ2v) is 38.6. The normalized spacial score (nSPS) is 15.8. The summed E-state index contributed by atoms with van der Waals surface area (Å²) in [7, 11) is -2.15. The zero-order chi connectivity index (χ0) is 63.3. The number of aliphatic hydroxyl groups excluding tert-OH is 2. The van der Waals surface area contributed by atoms with Gasteiger partial charge in [0.05, 0.1) is 34.6 Å². The molecule has 23 heteroatoms. The van der Waals surface area contributed by atoms with Crippen LogP contribution >= 0.6 is 34.8 Å². The molecule has 2 aliphatic carbocycles. The van der Waals surface area contributed by atoms with Gasteiger partial charge in [0.25, 0.3) is 0 Å². The number of aromatic nitrogens is 6. The van der Waals surface area contributed by atoms with Crippen LogP contribution in [0.25, 0.3) is 0 Å². The van der Waals surface area contributed by atoms with Gasteiger partial charge in [-0.1, -0.05) is 74.6 Å². The molecule has 10 rings (SSSR count). The molecule has 18 nitrogen and oxygen atoms in total. The third-order valence-corrected chi connectivity index (χ3v) is 20.9. The van der Waals surface area contributed by atoms with Gasteiger partial charge in [-0.05, 0) is 141 Å². The van der Waals surface area contributed by atoms with E-state index in [0.29, 0.717) is 99.4 Å². The molecule has 2 aromatic carbocycles. The van der Waals surface area contributed by atoms with Crippen molar-refractivity contribution >= 4 is 74.2 Å². The number of carbonyl (C=O) groups is 2. The Morgan fingerprint density at radius 3 is 1.66 bits per heavy atom. The molecule has 484 valence electrons. The number of hydrogen-bond acceptors (Lipinski definition) is 16. The first kappa shape index (κ1) is 69.6. The number of anilines is 2. The van der Waals surface area contributed by atoms with Crippen LogP contribution in [0.4, 0.5) is 11.6 Å². The quantitative estimate of drug-likeness (QED) is 0.0119. The van der Waals surface area contributed by atoms with Gasteiger partial charge in [-0.2, -0.15) is 10.2 Å². The van der Waals surface area contributed by atoms with Crippen LogP contribution in [0.2, 0.25) is 61.4 Å². The van der Waals surface area contributed by atoms with Gasteiger partial charge in [-0.25, -0.2) is 19.3 Å². The monoisotopic (exact) mass is 1310 g/mol. The third-order valence-electron chi connectivity index (χ3n) is 16.3. The summed E-state index contributed by atoms with van der Waals surface area (Å²) >= 11 is 18.8. The van der Waals surface area contributed by atoms with Gasteiger partial charge in [0.15, 0.2) is 11.6 Å². The first-order chi connectivity index (χ1) is 42.7. The van der Waals surface area contributed by atoms with Crippen molar-refractivity contribution in [1.29, 1.82) is 0 Å². The van der Waals surface area contributed by atoms with Gasteiger partial charge < -0.3 is 45.1 Å². The standard InChI is InChI=1S/C33H46ClN5O4Si.C19H28ClN3O2Si.C14H19ClN2O2/c1-44(2,3)16-15-42-23-39-19-24(18-36-39)22-43-31-10-7-26-20-38(14-12-29(26)33(31)34)21-28(40)8-9-30(41)25-11-13-35-32(17-25)37-27-5-4-6-27;1-26(2,3)9-8-24-14-23-12-15(10-22-23)13-25-18-5-4-16-11-21-7-6-17(16)19(18)20;15-9-12(18)4-5-13(19)10-6-7-16-14(8-10)17-11-2-1-3-11/h7,10-11,13,17-19,27-28,40H,4-6,8-9,12,14-16,20-23H2,1-3H3,(H,35,37);4-5,10,12,21H,6-9,11,13-14H2,1-3H3;6-8,11-12,18H,1-5,9H2,(H,16,17)/t28-;;12-/m0.0/s1. The lowest BCUT2D eigenvalue weighted by atomic mass is 9.93. The molecule has 5 N–H and O–H groups in total. The van der Waals surface area contributed by atoms with Gasteiger partial charge in [-0.3, -0.25) is 14.5 Å². The number of pyridine rings is 2. The summed E-state index contributed by atoms with van der Waals surface area (Å²) in [6, 6.07) is 18.4. The highest BCUT2D eigenvalue weighted by atomic mass is 35.5. The van der Waals surface area contributed by atoms with E-state index < -0.39 is 28.4 Å². The van der Waals surface area contributed by atoms with Crippen molar-refractivity contribution in [2.75, 3.05) is 49.4 Å². The van der Waals surface area contributed by atoms with E-state index in [2.05, 4.69) is 92.4 Å². The number of nitrogens with zero attached hydrogens (tertiary/aromatic N) is 7. The van der Waals surface area contributed by atoms with Crippen molar-refractivity contribution in [3.05, 3.63) is 140 Å². The van der Waals surface area contributed by atoms with Crippen LogP contribution in [-0.2, 0) is 62.1 Å². The van der Waals surface area contributed by atoms with Crippen molar-refractivity contribution < 1.29 is 38.7 Å². The molecular weight excluding hydrogens is 1220 g/mol. The highest BCUT2D eigenvalue weighted by Gasteiger charge is 2.25. The summed E-state index contributed by atoms with van der Waals surface area (Å²) < 4.78 is 27.1. The Morgan fingerprint density at radius 1 is 0.685 bits per heavy atom. The molecule has 6 heterocycles. The Balaban J connectivity index is 0.000000192. The summed E-state index contributed by atoms with van der Waals surface area (Å²) in [5, 5.41) is 40.3. The number of carbonyl (C=O) groups excluding carboxylic acids is 2. The number of Topliss-reactive ketones (excluding diaryl/α,β-unsaturated/α-hetero) is 2. The number of hydrogen-bond donors (Lipinski definition) is 5. The second kappa shape index (κ2) is 34.4. The SMILES string of the molecule is C[Si](C)(C)CCOCn1cc(COc2ccc3c(c2Cl)CCN(C[C@@H](O)CCC(=O)c2ccnc(NC4CCC4)c2)C3)cn1.C[Si](C)(C)CCOCn1cc(COc2ccc3c(c2Cl)CCNC3)cn1.O=C(CC[C@H](O)CCl)c1ccnc(NC2CCC2)c1. The Labute approximate surface area is 543 Å². The van der Waals surface area contributed by atoms with E-state index in [0.717, 1.165) is 115 Å². The average Bonchev–Trinajstić information content (AvgIpc) is 2.65. The Morgan fingerprint density at radius 2 is 1.18 bits per heavy atom. The van der Waals surface area contributed by atoms with Crippen molar-refractivity contribution in [3.8, 4) is 11.5 Å². The van der Waals surface area contributed by atoms with Gasteiger partial charge in [0.2, 0.25) is 0 Å². The number of halogens is 3. The maximum atomic E-state index is 12.8. The number of benzene rings is 2. The molecule has 4 aliphatic rings. The number of nitrogens with one attached hydrogen (secondary N) is 3. The van der Waals surface area contributed by atoms with Crippen molar-refractivity contribution in [1.82, 2.24) is 39.7 Å². The smallest absolute Gasteiger partial charge is 0.163 e. The van der Waals surface area contributed by atoms with Gasteiger partial charge in [0.1, 0.15) is 49.8 Å². The van der Waals surface area contributed by atoms with Crippen LogP contribution < -0.4 is 25.4 Å². The highest BCUT2D eigenvalue weighted by molar-refractivity contribution is 6.76. The third kappa shape index (κ3) is 23.1. The van der Waals surface area contributed by atoms with Crippen LogP contribution in [0, 0.1) is 0 Å². The maximum Gasteiger partial charge on any atom is 0.163 e. The van der Waals surface area contributed by atoms with E-state index in [4.69, 9.17) is 53.8 Å². The summed E-state index contributed by atoms with van der Waals surface area (Å²) in [6.07, 6.45) is 19.9. The van der Waals surface area contributed by atoms with Gasteiger partial charge >= 0.3 is 0 Å². The van der Waals surface area contributed by atoms with E-state index in [1.165, 1.54) is 36.8 Å². The van der Waals surface area contributed by atoms with Crippen LogP contribution in [0.1, 0.15) is 118 Å². The van der Waals surface area contributed by atoms with Crippen LogP contribution in [-0.4, -0.2) is 135 Å². The molecule has 0 amide bonds. The predicted octanol–water partition coefficient (Wildman–Crippen LogP) is 12.9. The summed E-state index contributed by atoms with van der Waals surface area (Å²) in [6.45, 7) is 21.2. The van der Waals surface area contributed by atoms with Crippen molar-refractivity contribution in [3.63, 3.8) is 0 Å². The molecule has 2 aliphatic heterocycles. The largest absolute Gasteiger partial charge is 0.487 e. The summed E-state index contributed by atoms with van der Waals surface area (Å²) in [5.41, 5.74) is 7.95. The fourth-order valence-electron chi connectivity index (χ4n) is 10.3. The zero-order valence-corrected chi connectivity index (χ0v) is 57.2. The number of fused-ring (bicyclic) bond motifs is 2. The van der Waals surface area contributed by atoms with Crippen LogP contribution in [0.5, 0.6) is 11.5 Å². The van der Waals surface area contributed by atoms with Gasteiger partial charge in [-0.15, -0.1) is 11.6 Å². The lowest BCUT2D eigenvalue weighted by Crippen LogP contribution is -2.37. The number of ketones is 2. The second-order valence-electron chi connectivity index (χ2n) is 26.3. The average molecular weight is 1320 g/mol. The zero-order valence-electron chi connectivity index (χ0n) is 52.9. The van der Waals surface area contributed by atoms with Crippen molar-refractivity contribution in [2.24, 2.45) is 0 Å². The fraction of sp³-hybridized carbons (Fsp3) is 0.545. The molecule has 6 aromatic rings. The number of aliphatic hydroxyl groups is 2. The molecule has 0 spiro atoms. The molecule has 4 aromatic heterocycles. The lowest BCUT2D eigenvalue weighted by molar-refractivity contribution is 0.0784. The molecule has 0 unspecified atom stereocenters. The lowest BCUT2D eigenvalue weighted by Gasteiger charge is -2.31. The van der Waals surface area contributed by atoms with Gasteiger partial charge in [0, 0.05) is 133 Å². The first-order valence-corrected chi connectivity index (χ1v) is 40.4. The molecule has 2 fully saturated rings. The fourth-order valence-corrected chi connectivity index (χ4v) is 12.6. The molecular formula is C66H93Cl3N10O8Si2. The number of β-amino-alcohol motifs (C(OH)–C–C–N with tert-alkyl or cyclic N) is 1. The van der Waals surface area contributed by atoms with Crippen LogP contribution in [0.15, 0.2) is 85.7 Å². The number of rotatable bonds is 31. The number of ether oxygens (including phenoxy) is 4. The molecule has 2 saturated carbocycles. The highest BCUT2D eigenvalue weighted by Crippen LogP contribution is 2.36. The van der Waals surface area contributed by atoms with E-state index in [-0.39, 0.29) is 17.4 Å². The van der Waals surface area contributed by atoms with Crippen LogP contribution in [0.3, 0.4) is 0 Å². The van der Waals surface area contributed by atoms with E-state index >= 15 is 0 Å². The first-order valence-electron chi connectivity index (χ1n) is 31.6. The number of alkyl halides is 1.